The number of hydrogen-bond acceptors (Lipinski definition) is 1. The second-order valence-corrected chi connectivity index (χ2v) is 8.62. The van der Waals surface area contributed by atoms with Gasteiger partial charge in [-0.3, -0.25) is 4.72 Å². The Balaban J connectivity index is 1.78. The zero-order valence-electron chi connectivity index (χ0n) is 17.1. The van der Waals surface area contributed by atoms with Crippen molar-refractivity contribution in [3.63, 3.8) is 0 Å². The van der Waals surface area contributed by atoms with Crippen molar-refractivity contribution in [2.75, 3.05) is 4.72 Å². The van der Waals surface area contributed by atoms with Crippen LogP contribution < -0.4 is 4.72 Å². The lowest BCUT2D eigenvalue weighted by atomic mass is 9.70. The van der Waals surface area contributed by atoms with Gasteiger partial charge < -0.3 is 4.98 Å². The van der Waals surface area contributed by atoms with Crippen LogP contribution in [0.2, 0.25) is 0 Å². The van der Waals surface area contributed by atoms with E-state index in [9.17, 15) is 8.60 Å². The summed E-state index contributed by atoms with van der Waals surface area (Å²) in [6.45, 7) is 4.33. The molecule has 0 radical (unpaired) electrons. The fourth-order valence-electron chi connectivity index (χ4n) is 4.30. The van der Waals surface area contributed by atoms with Crippen LogP contribution in [0.4, 0.5) is 10.1 Å². The summed E-state index contributed by atoms with van der Waals surface area (Å²) < 4.78 is 29.5. The van der Waals surface area contributed by atoms with Gasteiger partial charge in [0.25, 0.3) is 0 Å². The van der Waals surface area contributed by atoms with Gasteiger partial charge in [-0.25, -0.2) is 8.60 Å². The monoisotopic (exact) mass is 420 g/mol. The van der Waals surface area contributed by atoms with Gasteiger partial charge >= 0.3 is 0 Å². The molecule has 0 aliphatic rings. The first kappa shape index (κ1) is 20.4. The summed E-state index contributed by atoms with van der Waals surface area (Å²) in [5.74, 6) is -0.228. The van der Waals surface area contributed by atoms with Crippen molar-refractivity contribution in [1.29, 1.82) is 0 Å². The van der Waals surface area contributed by atoms with Crippen molar-refractivity contribution in [2.45, 2.75) is 37.0 Å². The minimum atomic E-state index is -1.36. The lowest BCUT2D eigenvalue weighted by Crippen LogP contribution is -2.25. The molecule has 2 N–H and O–H groups in total. The molecule has 3 aromatic carbocycles. The molecule has 0 saturated carbocycles. The molecule has 0 aliphatic heterocycles. The first-order chi connectivity index (χ1) is 14.6. The van der Waals surface area contributed by atoms with Gasteiger partial charge in [0.15, 0.2) is 0 Å². The smallest absolute Gasteiger partial charge is 0.150 e. The van der Waals surface area contributed by atoms with Crippen molar-refractivity contribution in [2.24, 2.45) is 0 Å². The van der Waals surface area contributed by atoms with Gasteiger partial charge in [-0.1, -0.05) is 56.3 Å². The summed E-state index contributed by atoms with van der Waals surface area (Å²) in [6, 6.07) is 22.2. The van der Waals surface area contributed by atoms with Gasteiger partial charge in [-0.05, 0) is 54.3 Å². The number of halogens is 1. The Morgan fingerprint density at radius 1 is 0.933 bits per heavy atom. The standard InChI is InChI=1S/C25H25FN2OS/c1-3-25(4-2,18-13-15-19(26)16-14-18)22-17-27-24-21(22)11-8-12-23(24)28-30(29)20-9-6-5-7-10-20/h5-17,27-28H,3-4H2,1-2H3. The van der Waals surface area contributed by atoms with E-state index in [0.717, 1.165) is 39.9 Å². The maximum Gasteiger partial charge on any atom is 0.150 e. The molecule has 1 atom stereocenters. The number of rotatable bonds is 7. The van der Waals surface area contributed by atoms with Crippen LogP contribution in [0.25, 0.3) is 10.9 Å². The summed E-state index contributed by atoms with van der Waals surface area (Å²) in [5, 5.41) is 1.08. The first-order valence-corrected chi connectivity index (χ1v) is 11.3. The highest BCUT2D eigenvalue weighted by Crippen LogP contribution is 2.43. The van der Waals surface area contributed by atoms with Crippen molar-refractivity contribution < 1.29 is 8.60 Å². The molecule has 0 saturated heterocycles. The second-order valence-electron chi connectivity index (χ2n) is 7.41. The van der Waals surface area contributed by atoms with E-state index in [4.69, 9.17) is 0 Å². The normalized spacial score (nSPS) is 12.8. The third kappa shape index (κ3) is 3.54. The molecule has 30 heavy (non-hydrogen) atoms. The fourth-order valence-corrected chi connectivity index (χ4v) is 5.19. The van der Waals surface area contributed by atoms with Crippen LogP contribution in [0, 0.1) is 5.82 Å². The molecule has 5 heteroatoms. The Labute approximate surface area is 178 Å². The summed E-state index contributed by atoms with van der Waals surface area (Å²) in [6.07, 6.45) is 3.81. The summed E-state index contributed by atoms with van der Waals surface area (Å²) in [5.41, 5.74) is 3.75. The highest BCUT2D eigenvalue weighted by Gasteiger charge is 2.33. The van der Waals surface area contributed by atoms with Crippen LogP contribution in [-0.4, -0.2) is 9.19 Å². The van der Waals surface area contributed by atoms with Gasteiger partial charge in [-0.2, -0.15) is 0 Å². The molecule has 0 aliphatic carbocycles. The fraction of sp³-hybridized carbons (Fsp3) is 0.200. The van der Waals surface area contributed by atoms with Crippen molar-refractivity contribution in [1.82, 2.24) is 4.98 Å². The number of nitrogens with one attached hydrogen (secondary N) is 2. The van der Waals surface area contributed by atoms with E-state index in [-0.39, 0.29) is 11.2 Å². The average molecular weight is 421 g/mol. The first-order valence-electron chi connectivity index (χ1n) is 10.2. The number of anilines is 1. The largest absolute Gasteiger partial charge is 0.359 e. The predicted molar refractivity (Wildman–Crippen MR) is 123 cm³/mol. The van der Waals surface area contributed by atoms with Crippen LogP contribution in [0.5, 0.6) is 0 Å². The molecule has 1 unspecified atom stereocenters. The van der Waals surface area contributed by atoms with Gasteiger partial charge in [0.2, 0.25) is 0 Å². The van der Waals surface area contributed by atoms with Gasteiger partial charge in [0.1, 0.15) is 16.8 Å². The maximum atomic E-state index is 13.5. The zero-order chi connectivity index (χ0) is 21.1. The van der Waals surface area contributed by atoms with Crippen LogP contribution in [-0.2, 0) is 16.4 Å². The molecule has 4 rings (SSSR count). The SMILES string of the molecule is CCC(CC)(c1ccc(F)cc1)c1c[nH]c2c(NS(=O)c3ccccc3)cccc12. The number of benzene rings is 3. The zero-order valence-corrected chi connectivity index (χ0v) is 17.9. The quantitative estimate of drug-likeness (QED) is 0.350. The number of para-hydroxylation sites is 1. The Morgan fingerprint density at radius 3 is 2.30 bits per heavy atom. The summed E-state index contributed by atoms with van der Waals surface area (Å²) in [7, 11) is -1.36. The van der Waals surface area contributed by atoms with Crippen LogP contribution in [0.3, 0.4) is 0 Å². The Hall–Kier alpha value is -2.92. The minimum Gasteiger partial charge on any atom is -0.359 e. The van der Waals surface area contributed by atoms with Crippen molar-refractivity contribution in [3.8, 4) is 0 Å². The van der Waals surface area contributed by atoms with E-state index in [1.165, 1.54) is 17.7 Å². The third-order valence-corrected chi connectivity index (χ3v) is 7.10. The van der Waals surface area contributed by atoms with Crippen LogP contribution in [0.15, 0.2) is 83.9 Å². The molecule has 3 nitrogen and oxygen atoms in total. The number of hydrogen-bond donors (Lipinski definition) is 2. The Kier molecular flexibility index (Phi) is 5.73. The molecular formula is C25H25FN2OS. The molecular weight excluding hydrogens is 395 g/mol. The van der Waals surface area contributed by atoms with E-state index in [1.807, 2.05) is 60.8 Å². The topological polar surface area (TPSA) is 44.9 Å². The summed E-state index contributed by atoms with van der Waals surface area (Å²) >= 11 is 0. The van der Waals surface area contributed by atoms with Gasteiger partial charge in [-0.15, -0.1) is 0 Å². The molecule has 4 aromatic rings. The molecule has 0 fully saturated rings. The van der Waals surface area contributed by atoms with E-state index >= 15 is 0 Å². The molecule has 1 heterocycles. The van der Waals surface area contributed by atoms with Crippen molar-refractivity contribution >= 4 is 27.6 Å². The highest BCUT2D eigenvalue weighted by atomic mass is 32.2. The second kappa shape index (κ2) is 8.44. The minimum absolute atomic E-state index is 0.228. The molecule has 0 amide bonds. The number of H-pyrrole nitrogens is 1. The average Bonchev–Trinajstić information content (AvgIpc) is 3.22. The van der Waals surface area contributed by atoms with E-state index in [1.54, 1.807) is 0 Å². The molecule has 0 bridgehead atoms. The van der Waals surface area contributed by atoms with Gasteiger partial charge in [0.05, 0.1) is 16.1 Å². The summed E-state index contributed by atoms with van der Waals surface area (Å²) in [4.78, 5) is 4.12. The lowest BCUT2D eigenvalue weighted by Gasteiger charge is -2.32. The highest BCUT2D eigenvalue weighted by molar-refractivity contribution is 7.86. The van der Waals surface area contributed by atoms with E-state index in [0.29, 0.717) is 0 Å². The van der Waals surface area contributed by atoms with Crippen LogP contribution in [0.1, 0.15) is 37.8 Å². The number of fused-ring (bicyclic) bond motifs is 1. The molecule has 154 valence electrons. The Bertz CT molecular complexity index is 1160. The number of aromatic amines is 1. The maximum absolute atomic E-state index is 13.5. The van der Waals surface area contributed by atoms with Crippen LogP contribution >= 0.6 is 0 Å². The molecule has 1 aromatic heterocycles. The predicted octanol–water partition coefficient (Wildman–Crippen LogP) is 6.55. The lowest BCUT2D eigenvalue weighted by molar-refractivity contribution is 0.481. The third-order valence-electron chi connectivity index (χ3n) is 5.99. The number of aromatic nitrogens is 1. The molecule has 0 spiro atoms. The van der Waals surface area contributed by atoms with Crippen molar-refractivity contribution in [3.05, 3.63) is 95.9 Å². The Morgan fingerprint density at radius 2 is 1.63 bits per heavy atom. The van der Waals surface area contributed by atoms with E-state index in [2.05, 4.69) is 29.6 Å². The van der Waals surface area contributed by atoms with E-state index < -0.39 is 11.0 Å². The van der Waals surface area contributed by atoms with Gasteiger partial charge in [0, 0.05) is 17.0 Å².